The van der Waals surface area contributed by atoms with Gasteiger partial charge >= 0.3 is 0 Å². The molecule has 0 heterocycles. The van der Waals surface area contributed by atoms with Crippen molar-refractivity contribution in [1.82, 2.24) is 0 Å². The predicted octanol–water partition coefficient (Wildman–Crippen LogP) is 3.78. The highest BCUT2D eigenvalue weighted by molar-refractivity contribution is 4.95. The number of allylic oxidation sites excluding steroid dienone is 2. The molecule has 1 unspecified atom stereocenters. The summed E-state index contributed by atoms with van der Waals surface area (Å²) in [5.74, 6) is 0.931. The van der Waals surface area contributed by atoms with Crippen molar-refractivity contribution in [3.05, 3.63) is 12.2 Å². The maximum Gasteiger partial charge on any atom is -0.0231 e. The summed E-state index contributed by atoms with van der Waals surface area (Å²) in [6.45, 7) is 6.26. The molecule has 0 fully saturated rings. The first-order valence-electron chi connectivity index (χ1n) is 4.60. The van der Waals surface area contributed by atoms with Gasteiger partial charge in [0.1, 0.15) is 0 Å². The molecular weight excluding hydrogens is 120 g/mol. The Kier molecular flexibility index (Phi) is 6.68. The van der Waals surface area contributed by atoms with Gasteiger partial charge in [0.05, 0.1) is 0 Å². The van der Waals surface area contributed by atoms with Gasteiger partial charge in [-0.1, -0.05) is 39.3 Å². The van der Waals surface area contributed by atoms with Gasteiger partial charge in [0.2, 0.25) is 0 Å². The van der Waals surface area contributed by atoms with E-state index in [-0.39, 0.29) is 0 Å². The second kappa shape index (κ2) is 6.85. The second-order valence-corrected chi connectivity index (χ2v) is 2.55. The van der Waals surface area contributed by atoms with E-state index in [0.717, 1.165) is 5.92 Å². The molecule has 0 saturated carbocycles. The Balaban J connectivity index is 0.000000371. The van der Waals surface area contributed by atoms with E-state index in [1.165, 1.54) is 25.7 Å². The van der Waals surface area contributed by atoms with Gasteiger partial charge in [-0.05, 0) is 25.2 Å². The smallest absolute Gasteiger partial charge is 0.0231 e. The quantitative estimate of drug-likeness (QED) is 0.512. The molecule has 0 radical (unpaired) electrons. The molecule has 0 aromatic carbocycles. The molecule has 0 aliphatic heterocycles. The summed E-state index contributed by atoms with van der Waals surface area (Å²) in [6.07, 6.45) is 10.1. The summed E-state index contributed by atoms with van der Waals surface area (Å²) in [7, 11) is 0. The molecular formula is C10H20. The van der Waals surface area contributed by atoms with Crippen molar-refractivity contribution in [2.45, 2.75) is 46.5 Å². The van der Waals surface area contributed by atoms with Crippen molar-refractivity contribution in [1.29, 1.82) is 0 Å². The van der Waals surface area contributed by atoms with E-state index >= 15 is 0 Å². The maximum absolute atomic E-state index is 2.36. The molecule has 1 rings (SSSR count). The Morgan fingerprint density at radius 3 is 2.50 bits per heavy atom. The summed E-state index contributed by atoms with van der Waals surface area (Å²) < 4.78 is 0. The summed E-state index contributed by atoms with van der Waals surface area (Å²) in [6, 6.07) is 0. The number of hydrogen-bond donors (Lipinski definition) is 0. The van der Waals surface area contributed by atoms with Gasteiger partial charge in [-0.2, -0.15) is 0 Å². The van der Waals surface area contributed by atoms with Crippen LogP contribution in [0.15, 0.2) is 12.2 Å². The zero-order chi connectivity index (χ0) is 7.82. The average Bonchev–Trinajstić information content (AvgIpc) is 2.46. The van der Waals surface area contributed by atoms with Crippen molar-refractivity contribution >= 4 is 0 Å². The molecule has 1 atom stereocenters. The van der Waals surface area contributed by atoms with Gasteiger partial charge < -0.3 is 0 Å². The van der Waals surface area contributed by atoms with E-state index in [9.17, 15) is 0 Å². The zero-order valence-electron chi connectivity index (χ0n) is 7.56. The fraction of sp³-hybridized carbons (Fsp3) is 0.800. The number of hydrogen-bond acceptors (Lipinski definition) is 0. The lowest BCUT2D eigenvalue weighted by Gasteiger charge is -2.01. The van der Waals surface area contributed by atoms with Crippen LogP contribution in [0.2, 0.25) is 0 Å². The van der Waals surface area contributed by atoms with E-state index in [4.69, 9.17) is 0 Å². The van der Waals surface area contributed by atoms with Crippen LogP contribution >= 0.6 is 0 Å². The van der Waals surface area contributed by atoms with E-state index in [0.29, 0.717) is 0 Å². The van der Waals surface area contributed by atoms with Crippen LogP contribution in [0.3, 0.4) is 0 Å². The summed E-state index contributed by atoms with van der Waals surface area (Å²) in [4.78, 5) is 0. The third-order valence-electron chi connectivity index (χ3n) is 1.77. The van der Waals surface area contributed by atoms with Crippen LogP contribution in [0, 0.1) is 5.92 Å². The molecule has 0 heteroatoms. The minimum absolute atomic E-state index is 0.931. The van der Waals surface area contributed by atoms with Crippen molar-refractivity contribution in [2.75, 3.05) is 0 Å². The minimum Gasteiger partial charge on any atom is -0.0882 e. The minimum atomic E-state index is 0.931. The largest absolute Gasteiger partial charge is 0.0882 e. The maximum atomic E-state index is 2.36. The molecule has 1 aliphatic rings. The topological polar surface area (TPSA) is 0 Å². The van der Waals surface area contributed by atoms with E-state index in [2.05, 4.69) is 19.1 Å². The first-order chi connectivity index (χ1) is 4.93. The van der Waals surface area contributed by atoms with Crippen LogP contribution in [0.1, 0.15) is 46.5 Å². The molecule has 10 heavy (non-hydrogen) atoms. The van der Waals surface area contributed by atoms with Crippen molar-refractivity contribution in [3.63, 3.8) is 0 Å². The lowest BCUT2D eigenvalue weighted by molar-refractivity contribution is 0.569. The molecule has 0 aromatic heterocycles. The summed E-state index contributed by atoms with van der Waals surface area (Å²) in [5, 5.41) is 0. The average molecular weight is 140 g/mol. The molecule has 0 spiro atoms. The van der Waals surface area contributed by atoms with Gasteiger partial charge in [0.25, 0.3) is 0 Å². The SMILES string of the molecule is CC.CCCC1C=CCC1. The van der Waals surface area contributed by atoms with E-state index < -0.39 is 0 Å². The second-order valence-electron chi connectivity index (χ2n) is 2.55. The lowest BCUT2D eigenvalue weighted by atomic mass is 10.0. The number of rotatable bonds is 2. The van der Waals surface area contributed by atoms with Crippen molar-refractivity contribution in [2.24, 2.45) is 5.92 Å². The highest BCUT2D eigenvalue weighted by Crippen LogP contribution is 2.20. The molecule has 60 valence electrons. The van der Waals surface area contributed by atoms with Gasteiger partial charge in [-0.15, -0.1) is 0 Å². The highest BCUT2D eigenvalue weighted by atomic mass is 14.1. The van der Waals surface area contributed by atoms with Crippen LogP contribution in [-0.2, 0) is 0 Å². The van der Waals surface area contributed by atoms with Crippen molar-refractivity contribution < 1.29 is 0 Å². The molecule has 0 N–H and O–H groups in total. The van der Waals surface area contributed by atoms with Crippen molar-refractivity contribution in [3.8, 4) is 0 Å². The fourth-order valence-corrected chi connectivity index (χ4v) is 1.31. The Morgan fingerprint density at radius 2 is 2.10 bits per heavy atom. The molecule has 1 aliphatic carbocycles. The van der Waals surface area contributed by atoms with Crippen LogP contribution in [0.5, 0.6) is 0 Å². The first kappa shape index (κ1) is 9.74. The standard InChI is InChI=1S/C8H14.C2H6/c1-2-5-8-6-3-4-7-8;1-2/h3,6,8H,2,4-5,7H2,1H3;1-2H3. The van der Waals surface area contributed by atoms with Gasteiger partial charge in [-0.3, -0.25) is 0 Å². The predicted molar refractivity (Wildman–Crippen MR) is 48.1 cm³/mol. The molecule has 0 aromatic rings. The van der Waals surface area contributed by atoms with Crippen LogP contribution < -0.4 is 0 Å². The lowest BCUT2D eigenvalue weighted by Crippen LogP contribution is -1.88. The third-order valence-corrected chi connectivity index (χ3v) is 1.77. The Morgan fingerprint density at radius 1 is 1.40 bits per heavy atom. The monoisotopic (exact) mass is 140 g/mol. The van der Waals surface area contributed by atoms with Crippen LogP contribution in [0.4, 0.5) is 0 Å². The zero-order valence-corrected chi connectivity index (χ0v) is 7.56. The molecule has 0 bridgehead atoms. The summed E-state index contributed by atoms with van der Waals surface area (Å²) in [5.41, 5.74) is 0. The van der Waals surface area contributed by atoms with Gasteiger partial charge in [-0.25, -0.2) is 0 Å². The van der Waals surface area contributed by atoms with E-state index in [1.807, 2.05) is 13.8 Å². The third kappa shape index (κ3) is 3.71. The Labute approximate surface area is 65.3 Å². The molecule has 0 amide bonds. The molecule has 0 saturated heterocycles. The molecule has 0 nitrogen and oxygen atoms in total. The Bertz CT molecular complexity index is 82.0. The highest BCUT2D eigenvalue weighted by Gasteiger charge is 2.05. The van der Waals surface area contributed by atoms with E-state index in [1.54, 1.807) is 0 Å². The van der Waals surface area contributed by atoms with Crippen LogP contribution in [0.25, 0.3) is 0 Å². The van der Waals surface area contributed by atoms with Crippen LogP contribution in [-0.4, -0.2) is 0 Å². The Hall–Kier alpha value is -0.260. The van der Waals surface area contributed by atoms with Gasteiger partial charge in [0.15, 0.2) is 0 Å². The van der Waals surface area contributed by atoms with Gasteiger partial charge in [0, 0.05) is 0 Å². The normalized spacial score (nSPS) is 22.1. The summed E-state index contributed by atoms with van der Waals surface area (Å²) >= 11 is 0. The fourth-order valence-electron chi connectivity index (χ4n) is 1.31. The first-order valence-corrected chi connectivity index (χ1v) is 4.60.